The quantitative estimate of drug-likeness (QED) is 0.846. The van der Waals surface area contributed by atoms with Crippen molar-refractivity contribution in [3.63, 3.8) is 0 Å². The molecule has 1 unspecified atom stereocenters. The zero-order valence-electron chi connectivity index (χ0n) is 12.2. The standard InChI is InChI=1S/C16H23NO2S/c1-15(19,12-20-2)11-17-14(18)16(9-6-10-16)13-7-4-3-5-8-13/h3-5,7-8,19H,6,9-12H2,1-2H3,(H,17,18). The van der Waals surface area contributed by atoms with Gasteiger partial charge in [0, 0.05) is 12.3 Å². The van der Waals surface area contributed by atoms with Gasteiger partial charge in [0.2, 0.25) is 5.91 Å². The van der Waals surface area contributed by atoms with Gasteiger partial charge >= 0.3 is 0 Å². The summed E-state index contributed by atoms with van der Waals surface area (Å²) in [4.78, 5) is 12.6. The van der Waals surface area contributed by atoms with Gasteiger partial charge in [-0.2, -0.15) is 11.8 Å². The van der Waals surface area contributed by atoms with Crippen LogP contribution in [0.4, 0.5) is 0 Å². The molecular weight excluding hydrogens is 270 g/mol. The predicted molar refractivity (Wildman–Crippen MR) is 84.0 cm³/mol. The van der Waals surface area contributed by atoms with Gasteiger partial charge in [-0.15, -0.1) is 0 Å². The predicted octanol–water partition coefficient (Wildman–Crippen LogP) is 2.34. The average molecular weight is 293 g/mol. The van der Waals surface area contributed by atoms with E-state index in [0.29, 0.717) is 12.3 Å². The van der Waals surface area contributed by atoms with Gasteiger partial charge in [-0.1, -0.05) is 36.8 Å². The van der Waals surface area contributed by atoms with Crippen molar-refractivity contribution in [3.05, 3.63) is 35.9 Å². The fraction of sp³-hybridized carbons (Fsp3) is 0.562. The van der Waals surface area contributed by atoms with Crippen molar-refractivity contribution >= 4 is 17.7 Å². The average Bonchev–Trinajstić information content (AvgIpc) is 2.36. The summed E-state index contributed by atoms with van der Waals surface area (Å²) in [5, 5.41) is 13.1. The monoisotopic (exact) mass is 293 g/mol. The third-order valence-electron chi connectivity index (χ3n) is 4.05. The minimum Gasteiger partial charge on any atom is -0.387 e. The number of amides is 1. The van der Waals surface area contributed by atoms with Gasteiger partial charge in [0.15, 0.2) is 0 Å². The third-order valence-corrected chi connectivity index (χ3v) is 4.96. The Hall–Kier alpha value is -1.00. The van der Waals surface area contributed by atoms with E-state index in [1.165, 1.54) is 0 Å². The summed E-state index contributed by atoms with van der Waals surface area (Å²) in [6, 6.07) is 9.98. The van der Waals surface area contributed by atoms with Crippen LogP contribution in [0, 0.1) is 0 Å². The second-order valence-electron chi connectivity index (χ2n) is 5.91. The minimum atomic E-state index is -0.850. The molecule has 0 radical (unpaired) electrons. The first-order chi connectivity index (χ1) is 9.50. The summed E-state index contributed by atoms with van der Waals surface area (Å²) >= 11 is 1.58. The highest BCUT2D eigenvalue weighted by Crippen LogP contribution is 2.43. The SMILES string of the molecule is CSCC(C)(O)CNC(=O)C1(c2ccccc2)CCC1. The smallest absolute Gasteiger partial charge is 0.230 e. The van der Waals surface area contributed by atoms with Crippen molar-refractivity contribution in [2.45, 2.75) is 37.2 Å². The Morgan fingerprint density at radius 3 is 2.55 bits per heavy atom. The molecule has 0 spiro atoms. The minimum absolute atomic E-state index is 0.0522. The lowest BCUT2D eigenvalue weighted by Gasteiger charge is -2.41. The second-order valence-corrected chi connectivity index (χ2v) is 6.78. The number of hydrogen-bond acceptors (Lipinski definition) is 3. The molecule has 1 aliphatic carbocycles. The van der Waals surface area contributed by atoms with E-state index in [1.54, 1.807) is 18.7 Å². The molecule has 1 aliphatic rings. The van der Waals surface area contributed by atoms with Gasteiger partial charge in [-0.25, -0.2) is 0 Å². The van der Waals surface area contributed by atoms with Crippen LogP contribution in [0.1, 0.15) is 31.7 Å². The van der Waals surface area contributed by atoms with Crippen molar-refractivity contribution in [2.24, 2.45) is 0 Å². The van der Waals surface area contributed by atoms with E-state index in [1.807, 2.05) is 36.6 Å². The molecule has 110 valence electrons. The Labute approximate surface area is 125 Å². The lowest BCUT2D eigenvalue weighted by atomic mass is 9.64. The molecule has 2 N–H and O–H groups in total. The maximum Gasteiger partial charge on any atom is 0.230 e. The van der Waals surface area contributed by atoms with Crippen molar-refractivity contribution < 1.29 is 9.90 Å². The number of carbonyl (C=O) groups excluding carboxylic acids is 1. The van der Waals surface area contributed by atoms with Crippen molar-refractivity contribution in [1.82, 2.24) is 5.32 Å². The number of benzene rings is 1. The molecule has 20 heavy (non-hydrogen) atoms. The highest BCUT2D eigenvalue weighted by atomic mass is 32.2. The van der Waals surface area contributed by atoms with Gasteiger partial charge < -0.3 is 10.4 Å². The van der Waals surface area contributed by atoms with Crippen LogP contribution < -0.4 is 5.32 Å². The van der Waals surface area contributed by atoms with Crippen molar-refractivity contribution in [2.75, 3.05) is 18.6 Å². The molecule has 0 aromatic heterocycles. The number of aliphatic hydroxyl groups is 1. The van der Waals surface area contributed by atoms with E-state index >= 15 is 0 Å². The number of hydrogen-bond donors (Lipinski definition) is 2. The molecule has 1 atom stereocenters. The summed E-state index contributed by atoms with van der Waals surface area (Å²) in [6.07, 6.45) is 4.83. The highest BCUT2D eigenvalue weighted by Gasteiger charge is 2.45. The number of rotatable bonds is 6. The fourth-order valence-corrected chi connectivity index (χ4v) is 3.46. The van der Waals surface area contributed by atoms with Crippen LogP contribution in [-0.4, -0.2) is 35.2 Å². The lowest BCUT2D eigenvalue weighted by molar-refractivity contribution is -0.130. The molecular formula is C16H23NO2S. The molecule has 1 amide bonds. The normalized spacial score (nSPS) is 19.8. The van der Waals surface area contributed by atoms with Crippen LogP contribution in [0.5, 0.6) is 0 Å². The zero-order chi connectivity index (χ0) is 14.6. The van der Waals surface area contributed by atoms with Gasteiger partial charge in [-0.05, 0) is 31.6 Å². The van der Waals surface area contributed by atoms with E-state index in [0.717, 1.165) is 24.8 Å². The summed E-state index contributed by atoms with van der Waals surface area (Å²) in [7, 11) is 0. The first-order valence-electron chi connectivity index (χ1n) is 7.05. The largest absolute Gasteiger partial charge is 0.387 e. The van der Waals surface area contributed by atoms with Crippen molar-refractivity contribution in [1.29, 1.82) is 0 Å². The maximum atomic E-state index is 12.6. The third kappa shape index (κ3) is 3.18. The number of carbonyl (C=O) groups is 1. The fourth-order valence-electron chi connectivity index (χ4n) is 2.74. The van der Waals surface area contributed by atoms with E-state index < -0.39 is 5.60 Å². The van der Waals surface area contributed by atoms with E-state index in [4.69, 9.17) is 0 Å². The van der Waals surface area contributed by atoms with E-state index in [9.17, 15) is 9.90 Å². The van der Waals surface area contributed by atoms with Crippen LogP contribution in [0.25, 0.3) is 0 Å². The highest BCUT2D eigenvalue weighted by molar-refractivity contribution is 7.98. The molecule has 1 saturated carbocycles. The first-order valence-corrected chi connectivity index (χ1v) is 8.45. The van der Waals surface area contributed by atoms with Gasteiger partial charge in [0.1, 0.15) is 0 Å². The molecule has 3 nitrogen and oxygen atoms in total. The number of thioether (sulfide) groups is 1. The lowest BCUT2D eigenvalue weighted by Crippen LogP contribution is -2.53. The Balaban J connectivity index is 2.04. The number of nitrogens with one attached hydrogen (secondary N) is 1. The van der Waals surface area contributed by atoms with Crippen LogP contribution >= 0.6 is 11.8 Å². The topological polar surface area (TPSA) is 49.3 Å². The molecule has 2 rings (SSSR count). The van der Waals surface area contributed by atoms with Crippen LogP contribution in [0.2, 0.25) is 0 Å². The maximum absolute atomic E-state index is 12.6. The Morgan fingerprint density at radius 1 is 1.40 bits per heavy atom. The Morgan fingerprint density at radius 2 is 2.05 bits per heavy atom. The van der Waals surface area contributed by atoms with E-state index in [-0.39, 0.29) is 11.3 Å². The molecule has 1 fully saturated rings. The van der Waals surface area contributed by atoms with Gasteiger partial charge in [-0.3, -0.25) is 4.79 Å². The zero-order valence-corrected chi connectivity index (χ0v) is 13.0. The molecule has 1 aromatic carbocycles. The Kier molecular flexibility index (Phi) is 4.76. The van der Waals surface area contributed by atoms with Gasteiger partial charge in [0.05, 0.1) is 11.0 Å². The van der Waals surface area contributed by atoms with E-state index in [2.05, 4.69) is 5.32 Å². The molecule has 4 heteroatoms. The van der Waals surface area contributed by atoms with Crippen LogP contribution in [0.3, 0.4) is 0 Å². The molecule has 0 aliphatic heterocycles. The first kappa shape index (κ1) is 15.4. The molecule has 0 bridgehead atoms. The molecule has 1 aromatic rings. The molecule has 0 saturated heterocycles. The van der Waals surface area contributed by atoms with Crippen molar-refractivity contribution in [3.8, 4) is 0 Å². The molecule has 0 heterocycles. The Bertz CT molecular complexity index is 455. The van der Waals surface area contributed by atoms with Crippen LogP contribution in [-0.2, 0) is 10.2 Å². The van der Waals surface area contributed by atoms with Gasteiger partial charge in [0.25, 0.3) is 0 Å². The summed E-state index contributed by atoms with van der Waals surface area (Å²) < 4.78 is 0. The summed E-state index contributed by atoms with van der Waals surface area (Å²) in [6.45, 7) is 2.07. The summed E-state index contributed by atoms with van der Waals surface area (Å²) in [5.74, 6) is 0.669. The second kappa shape index (κ2) is 6.19. The van der Waals surface area contributed by atoms with Crippen LogP contribution in [0.15, 0.2) is 30.3 Å². The summed E-state index contributed by atoms with van der Waals surface area (Å²) in [5.41, 5.74) is -0.138.